The Hall–Kier alpha value is -1.26. The first-order valence-corrected chi connectivity index (χ1v) is 6.56. The van der Waals surface area contributed by atoms with Gasteiger partial charge in [0.05, 0.1) is 6.10 Å². The zero-order chi connectivity index (χ0) is 12.6. The van der Waals surface area contributed by atoms with E-state index in [0.29, 0.717) is 19.8 Å². The highest BCUT2D eigenvalue weighted by atomic mass is 16.5. The summed E-state index contributed by atoms with van der Waals surface area (Å²) in [6, 6.07) is 7.64. The summed E-state index contributed by atoms with van der Waals surface area (Å²) in [7, 11) is 0. The summed E-state index contributed by atoms with van der Waals surface area (Å²) < 4.78 is 16.8. The van der Waals surface area contributed by atoms with Gasteiger partial charge in [-0.25, -0.2) is 0 Å². The maximum absolute atomic E-state index is 5.73. The molecule has 1 aromatic rings. The topological polar surface area (TPSA) is 53.7 Å². The fourth-order valence-corrected chi connectivity index (χ4v) is 1.96. The van der Waals surface area contributed by atoms with Gasteiger partial charge in [0.2, 0.25) is 0 Å². The van der Waals surface area contributed by atoms with E-state index in [-0.39, 0.29) is 6.10 Å². The van der Waals surface area contributed by atoms with Crippen LogP contribution in [-0.4, -0.2) is 32.5 Å². The molecule has 1 atom stereocenters. The van der Waals surface area contributed by atoms with Crippen LogP contribution in [0.4, 0.5) is 0 Å². The highest BCUT2D eigenvalue weighted by Crippen LogP contribution is 2.21. The van der Waals surface area contributed by atoms with Crippen molar-refractivity contribution in [1.29, 1.82) is 0 Å². The normalized spacial score (nSPS) is 19.5. The molecular weight excluding hydrogens is 230 g/mol. The molecule has 1 aromatic carbocycles. The molecule has 100 valence electrons. The molecule has 1 heterocycles. The third kappa shape index (κ3) is 4.20. The van der Waals surface area contributed by atoms with Crippen LogP contribution in [0.25, 0.3) is 0 Å². The van der Waals surface area contributed by atoms with Crippen LogP contribution in [0.5, 0.6) is 11.5 Å². The lowest BCUT2D eigenvalue weighted by molar-refractivity contribution is -0.0111. The van der Waals surface area contributed by atoms with E-state index in [0.717, 1.165) is 24.5 Å². The molecule has 0 amide bonds. The molecule has 2 rings (SSSR count). The van der Waals surface area contributed by atoms with E-state index in [9.17, 15) is 0 Å². The SMILES string of the molecule is NCCOc1cccc(OCC2CCCCO2)c1. The van der Waals surface area contributed by atoms with Crippen molar-refractivity contribution >= 4 is 0 Å². The fraction of sp³-hybridized carbons (Fsp3) is 0.571. The summed E-state index contributed by atoms with van der Waals surface area (Å²) in [4.78, 5) is 0. The van der Waals surface area contributed by atoms with Gasteiger partial charge >= 0.3 is 0 Å². The molecule has 4 heteroatoms. The molecular formula is C14H21NO3. The second kappa shape index (κ2) is 7.24. The Morgan fingerprint density at radius 2 is 2.06 bits per heavy atom. The third-order valence-corrected chi connectivity index (χ3v) is 2.90. The van der Waals surface area contributed by atoms with Crippen molar-refractivity contribution in [3.8, 4) is 11.5 Å². The smallest absolute Gasteiger partial charge is 0.123 e. The predicted octanol–water partition coefficient (Wildman–Crippen LogP) is 1.97. The van der Waals surface area contributed by atoms with E-state index in [1.807, 2.05) is 24.3 Å². The lowest BCUT2D eigenvalue weighted by atomic mass is 10.1. The predicted molar refractivity (Wildman–Crippen MR) is 70.1 cm³/mol. The first-order valence-electron chi connectivity index (χ1n) is 6.56. The Morgan fingerprint density at radius 3 is 2.78 bits per heavy atom. The average Bonchev–Trinajstić information content (AvgIpc) is 2.44. The zero-order valence-corrected chi connectivity index (χ0v) is 10.6. The van der Waals surface area contributed by atoms with Crippen LogP contribution in [0.15, 0.2) is 24.3 Å². The van der Waals surface area contributed by atoms with Gasteiger partial charge in [-0.1, -0.05) is 6.07 Å². The standard InChI is InChI=1S/C14H21NO3/c15-7-9-17-12-5-3-6-13(10-12)18-11-14-4-1-2-8-16-14/h3,5-6,10,14H,1-2,4,7-9,11,15H2. The highest BCUT2D eigenvalue weighted by Gasteiger charge is 2.14. The number of nitrogens with two attached hydrogens (primary N) is 1. The molecule has 2 N–H and O–H groups in total. The molecule has 0 aliphatic carbocycles. The van der Waals surface area contributed by atoms with Crippen LogP contribution in [-0.2, 0) is 4.74 Å². The Morgan fingerprint density at radius 1 is 1.22 bits per heavy atom. The van der Waals surface area contributed by atoms with E-state index in [2.05, 4.69) is 0 Å². The minimum atomic E-state index is 0.229. The van der Waals surface area contributed by atoms with E-state index in [1.54, 1.807) is 0 Å². The van der Waals surface area contributed by atoms with Crippen LogP contribution >= 0.6 is 0 Å². The maximum Gasteiger partial charge on any atom is 0.123 e. The van der Waals surface area contributed by atoms with E-state index < -0.39 is 0 Å². The summed E-state index contributed by atoms with van der Waals surface area (Å²) in [5, 5.41) is 0. The van der Waals surface area contributed by atoms with Gasteiger partial charge in [-0.2, -0.15) is 0 Å². The van der Waals surface area contributed by atoms with Crippen LogP contribution in [0.1, 0.15) is 19.3 Å². The van der Waals surface area contributed by atoms with Crippen LogP contribution in [0.3, 0.4) is 0 Å². The second-order valence-electron chi connectivity index (χ2n) is 4.41. The van der Waals surface area contributed by atoms with E-state index >= 15 is 0 Å². The van der Waals surface area contributed by atoms with Crippen LogP contribution in [0, 0.1) is 0 Å². The van der Waals surface area contributed by atoms with Gasteiger partial charge in [0, 0.05) is 19.2 Å². The molecule has 1 saturated heterocycles. The molecule has 1 aliphatic heterocycles. The molecule has 4 nitrogen and oxygen atoms in total. The van der Waals surface area contributed by atoms with Gasteiger partial charge in [-0.3, -0.25) is 0 Å². The first kappa shape index (κ1) is 13.2. The Kier molecular flexibility index (Phi) is 5.30. The lowest BCUT2D eigenvalue weighted by Gasteiger charge is -2.22. The largest absolute Gasteiger partial charge is 0.492 e. The lowest BCUT2D eigenvalue weighted by Crippen LogP contribution is -2.25. The molecule has 1 fully saturated rings. The molecule has 18 heavy (non-hydrogen) atoms. The van der Waals surface area contributed by atoms with Crippen molar-refractivity contribution in [3.05, 3.63) is 24.3 Å². The van der Waals surface area contributed by atoms with Crippen molar-refractivity contribution in [2.45, 2.75) is 25.4 Å². The minimum Gasteiger partial charge on any atom is -0.492 e. The summed E-state index contributed by atoms with van der Waals surface area (Å²) in [5.41, 5.74) is 5.40. The minimum absolute atomic E-state index is 0.229. The third-order valence-electron chi connectivity index (χ3n) is 2.90. The van der Waals surface area contributed by atoms with Crippen molar-refractivity contribution in [1.82, 2.24) is 0 Å². The Balaban J connectivity index is 1.80. The van der Waals surface area contributed by atoms with Crippen molar-refractivity contribution in [2.75, 3.05) is 26.4 Å². The highest BCUT2D eigenvalue weighted by molar-refractivity contribution is 5.32. The zero-order valence-electron chi connectivity index (χ0n) is 10.6. The van der Waals surface area contributed by atoms with E-state index in [4.69, 9.17) is 19.9 Å². The molecule has 1 aliphatic rings. The number of hydrogen-bond acceptors (Lipinski definition) is 4. The number of hydrogen-bond donors (Lipinski definition) is 1. The second-order valence-corrected chi connectivity index (χ2v) is 4.41. The number of ether oxygens (including phenoxy) is 3. The monoisotopic (exact) mass is 251 g/mol. The van der Waals surface area contributed by atoms with Gasteiger partial charge in [0.1, 0.15) is 24.7 Å². The van der Waals surface area contributed by atoms with Crippen molar-refractivity contribution < 1.29 is 14.2 Å². The summed E-state index contributed by atoms with van der Waals surface area (Å²) in [6.07, 6.45) is 3.71. The molecule has 0 spiro atoms. The molecule has 0 saturated carbocycles. The quantitative estimate of drug-likeness (QED) is 0.840. The summed E-state index contributed by atoms with van der Waals surface area (Å²) in [6.45, 7) is 2.50. The maximum atomic E-state index is 5.73. The number of benzene rings is 1. The summed E-state index contributed by atoms with van der Waals surface area (Å²) >= 11 is 0. The van der Waals surface area contributed by atoms with Gasteiger partial charge < -0.3 is 19.9 Å². The van der Waals surface area contributed by atoms with Gasteiger partial charge in [-0.15, -0.1) is 0 Å². The molecule has 0 aromatic heterocycles. The van der Waals surface area contributed by atoms with Gasteiger partial charge in [0.25, 0.3) is 0 Å². The van der Waals surface area contributed by atoms with Crippen molar-refractivity contribution in [3.63, 3.8) is 0 Å². The molecule has 1 unspecified atom stereocenters. The first-order chi connectivity index (χ1) is 8.88. The van der Waals surface area contributed by atoms with Gasteiger partial charge in [-0.05, 0) is 31.4 Å². The molecule has 0 bridgehead atoms. The molecule has 0 radical (unpaired) electrons. The van der Waals surface area contributed by atoms with Crippen LogP contribution in [0.2, 0.25) is 0 Å². The van der Waals surface area contributed by atoms with Crippen molar-refractivity contribution in [2.24, 2.45) is 5.73 Å². The Bertz CT molecular complexity index is 351. The summed E-state index contributed by atoms with van der Waals surface area (Å²) in [5.74, 6) is 1.61. The van der Waals surface area contributed by atoms with Crippen LogP contribution < -0.4 is 15.2 Å². The Labute approximate surface area is 108 Å². The van der Waals surface area contributed by atoms with E-state index in [1.165, 1.54) is 12.8 Å². The average molecular weight is 251 g/mol. The van der Waals surface area contributed by atoms with Gasteiger partial charge in [0.15, 0.2) is 0 Å². The fourth-order valence-electron chi connectivity index (χ4n) is 1.96. The number of rotatable bonds is 6.